The molecule has 0 saturated heterocycles. The Hall–Kier alpha value is -4.28. The molecule has 2 aliphatic rings. The van der Waals surface area contributed by atoms with Crippen LogP contribution in [0.2, 0.25) is 0 Å². The first-order chi connectivity index (χ1) is 18.4. The summed E-state index contributed by atoms with van der Waals surface area (Å²) in [5.41, 5.74) is -2.13. The minimum atomic E-state index is -2.07. The summed E-state index contributed by atoms with van der Waals surface area (Å²) >= 11 is 0. The quantitative estimate of drug-likeness (QED) is 0.352. The zero-order valence-electron chi connectivity index (χ0n) is 20.9. The number of hydrogen-bond acceptors (Lipinski definition) is 9. The van der Waals surface area contributed by atoms with Gasteiger partial charge in [0.25, 0.3) is 0 Å². The summed E-state index contributed by atoms with van der Waals surface area (Å²) in [6.45, 7) is 0. The fraction of sp³-hybridized carbons (Fsp3) is 0.286. The van der Waals surface area contributed by atoms with Gasteiger partial charge in [0.2, 0.25) is 5.89 Å². The Labute approximate surface area is 217 Å². The third-order valence-corrected chi connectivity index (χ3v) is 7.70. The van der Waals surface area contributed by atoms with Crippen LogP contribution in [0.1, 0.15) is 34.4 Å². The molecule has 6 rings (SSSR count). The first-order valence-corrected chi connectivity index (χ1v) is 12.0. The number of aliphatic hydroxyl groups excluding tert-OH is 1. The van der Waals surface area contributed by atoms with Crippen LogP contribution >= 0.6 is 0 Å². The van der Waals surface area contributed by atoms with E-state index in [1.54, 1.807) is 43.5 Å². The van der Waals surface area contributed by atoms with E-state index in [0.717, 1.165) is 5.56 Å². The van der Waals surface area contributed by atoms with E-state index in [2.05, 4.69) is 10.2 Å². The molecular formula is C28H26N2O8. The second kappa shape index (κ2) is 8.64. The largest absolute Gasteiger partial charge is 0.497 e. The maximum Gasteiger partial charge on any atom is 0.434 e. The van der Waals surface area contributed by atoms with E-state index in [0.29, 0.717) is 22.8 Å². The monoisotopic (exact) mass is 518 g/mol. The van der Waals surface area contributed by atoms with Crippen LogP contribution in [0, 0.1) is 0 Å². The third-order valence-electron chi connectivity index (χ3n) is 7.70. The van der Waals surface area contributed by atoms with Crippen molar-refractivity contribution in [3.05, 3.63) is 99.9 Å². The minimum Gasteiger partial charge on any atom is -0.497 e. The highest BCUT2D eigenvalue weighted by atomic mass is 16.5. The molecule has 1 aromatic heterocycles. The van der Waals surface area contributed by atoms with Crippen LogP contribution in [-0.4, -0.2) is 47.8 Å². The van der Waals surface area contributed by atoms with Crippen molar-refractivity contribution < 1.29 is 33.6 Å². The lowest BCUT2D eigenvalue weighted by atomic mass is 9.70. The van der Waals surface area contributed by atoms with Crippen LogP contribution in [0.5, 0.6) is 23.0 Å². The summed E-state index contributed by atoms with van der Waals surface area (Å²) in [5, 5.41) is 31.3. The average Bonchev–Trinajstić information content (AvgIpc) is 3.55. The summed E-state index contributed by atoms with van der Waals surface area (Å²) in [6, 6.07) is 19.7. The smallest absolute Gasteiger partial charge is 0.434 e. The van der Waals surface area contributed by atoms with E-state index >= 15 is 0 Å². The molecular weight excluding hydrogens is 492 g/mol. The maximum atomic E-state index is 12.8. The molecule has 3 aromatic carbocycles. The molecule has 0 amide bonds. The SMILES string of the molecule is COc1ccc(C23Oc4cc(OC)cc(OC)c4C2(O)C(O)C(c2n[nH]c(=O)o2)C3c2ccccc2)cc1. The van der Waals surface area contributed by atoms with Gasteiger partial charge >= 0.3 is 5.76 Å². The topological polar surface area (TPSA) is 136 Å². The molecule has 3 N–H and O–H groups in total. The van der Waals surface area contributed by atoms with Crippen molar-refractivity contribution in [1.82, 2.24) is 10.2 Å². The van der Waals surface area contributed by atoms with E-state index in [4.69, 9.17) is 23.4 Å². The van der Waals surface area contributed by atoms with Crippen LogP contribution in [0.15, 0.2) is 75.9 Å². The number of aromatic nitrogens is 2. The molecule has 0 radical (unpaired) electrons. The molecule has 4 aromatic rings. The summed E-state index contributed by atoms with van der Waals surface area (Å²) in [5.74, 6) is -0.957. The Morgan fingerprint density at radius 3 is 2.26 bits per heavy atom. The summed E-state index contributed by atoms with van der Waals surface area (Å²) in [6.07, 6.45) is -1.54. The number of fused-ring (bicyclic) bond motifs is 3. The molecule has 5 unspecified atom stereocenters. The van der Waals surface area contributed by atoms with Crippen molar-refractivity contribution in [2.45, 2.75) is 29.1 Å². The van der Waals surface area contributed by atoms with Gasteiger partial charge in [-0.05, 0) is 23.3 Å². The van der Waals surface area contributed by atoms with Gasteiger partial charge < -0.3 is 33.6 Å². The number of benzene rings is 3. The zero-order chi connectivity index (χ0) is 26.7. The molecule has 1 aliphatic carbocycles. The zero-order valence-corrected chi connectivity index (χ0v) is 20.9. The Kier molecular flexibility index (Phi) is 5.48. The highest BCUT2D eigenvalue weighted by molar-refractivity contribution is 5.63. The number of H-pyrrole nitrogens is 1. The first kappa shape index (κ1) is 24.1. The van der Waals surface area contributed by atoms with Crippen LogP contribution in [0.4, 0.5) is 0 Å². The molecule has 0 spiro atoms. The van der Waals surface area contributed by atoms with Gasteiger partial charge in [-0.2, -0.15) is 0 Å². The predicted molar refractivity (Wildman–Crippen MR) is 134 cm³/mol. The van der Waals surface area contributed by atoms with Gasteiger partial charge in [-0.3, -0.25) is 0 Å². The Bertz CT molecular complexity index is 1530. The standard InChI is InChI=1S/C28H26N2O8/c1-34-17-11-9-16(10-12-17)28-22(15-7-5-4-6-8-15)21(25-29-30-26(32)37-25)24(31)27(28,33)23-19(36-3)13-18(35-2)14-20(23)38-28/h4-14,21-22,24,31,33H,1-3H3,(H,30,32). The Morgan fingerprint density at radius 1 is 0.947 bits per heavy atom. The van der Waals surface area contributed by atoms with Crippen LogP contribution in [0.3, 0.4) is 0 Å². The van der Waals surface area contributed by atoms with E-state index < -0.39 is 34.9 Å². The average molecular weight is 519 g/mol. The van der Waals surface area contributed by atoms with Crippen molar-refractivity contribution >= 4 is 0 Å². The number of nitrogens with one attached hydrogen (secondary N) is 1. The fourth-order valence-corrected chi connectivity index (χ4v) is 6.16. The number of hydrogen-bond donors (Lipinski definition) is 3. The number of ether oxygens (including phenoxy) is 4. The van der Waals surface area contributed by atoms with E-state index in [1.165, 1.54) is 14.2 Å². The van der Waals surface area contributed by atoms with Gasteiger partial charge in [0.05, 0.1) is 32.8 Å². The van der Waals surface area contributed by atoms with Gasteiger partial charge in [-0.25, -0.2) is 9.89 Å². The summed E-state index contributed by atoms with van der Waals surface area (Å²) < 4.78 is 28.7. The molecule has 1 aliphatic heterocycles. The highest BCUT2D eigenvalue weighted by Gasteiger charge is 2.78. The van der Waals surface area contributed by atoms with Gasteiger partial charge in [0.1, 0.15) is 29.1 Å². The maximum absolute atomic E-state index is 12.8. The van der Waals surface area contributed by atoms with Gasteiger partial charge in [-0.1, -0.05) is 42.5 Å². The predicted octanol–water partition coefficient (Wildman–Crippen LogP) is 2.81. The molecule has 10 heteroatoms. The highest BCUT2D eigenvalue weighted by Crippen LogP contribution is 2.71. The number of methoxy groups -OCH3 is 3. The number of rotatable bonds is 6. The van der Waals surface area contributed by atoms with Crippen molar-refractivity contribution in [2.24, 2.45) is 0 Å². The second-order valence-electron chi connectivity index (χ2n) is 9.35. The van der Waals surface area contributed by atoms with E-state index in [1.807, 2.05) is 30.3 Å². The number of aromatic amines is 1. The van der Waals surface area contributed by atoms with E-state index in [-0.39, 0.29) is 17.2 Å². The van der Waals surface area contributed by atoms with Crippen molar-refractivity contribution in [1.29, 1.82) is 0 Å². The molecule has 2 heterocycles. The third kappa shape index (κ3) is 3.07. The van der Waals surface area contributed by atoms with Crippen molar-refractivity contribution in [2.75, 3.05) is 21.3 Å². The lowest BCUT2D eigenvalue weighted by Crippen LogP contribution is -2.52. The van der Waals surface area contributed by atoms with Gasteiger partial charge in [0, 0.05) is 18.1 Å². The molecule has 38 heavy (non-hydrogen) atoms. The lowest BCUT2D eigenvalue weighted by molar-refractivity contribution is -0.151. The summed E-state index contributed by atoms with van der Waals surface area (Å²) in [7, 11) is 4.54. The normalized spacial score (nSPS) is 27.3. The van der Waals surface area contributed by atoms with Gasteiger partial charge in [0.15, 0.2) is 11.2 Å². The number of aliphatic hydroxyl groups is 2. The lowest BCUT2D eigenvalue weighted by Gasteiger charge is -2.40. The Morgan fingerprint density at radius 2 is 1.66 bits per heavy atom. The minimum absolute atomic E-state index is 0.0512. The van der Waals surface area contributed by atoms with E-state index in [9.17, 15) is 15.0 Å². The first-order valence-electron chi connectivity index (χ1n) is 12.0. The summed E-state index contributed by atoms with van der Waals surface area (Å²) in [4.78, 5) is 12.0. The van der Waals surface area contributed by atoms with Gasteiger partial charge in [-0.15, -0.1) is 5.10 Å². The molecule has 1 fully saturated rings. The molecule has 0 bridgehead atoms. The van der Waals surface area contributed by atoms with Crippen molar-refractivity contribution in [3.8, 4) is 23.0 Å². The molecule has 5 atom stereocenters. The molecule has 196 valence electrons. The van der Waals surface area contributed by atoms with Crippen LogP contribution in [-0.2, 0) is 11.2 Å². The second-order valence-corrected chi connectivity index (χ2v) is 9.35. The molecule has 1 saturated carbocycles. The fourth-order valence-electron chi connectivity index (χ4n) is 6.16. The molecule has 10 nitrogen and oxygen atoms in total. The van der Waals surface area contributed by atoms with Crippen LogP contribution in [0.25, 0.3) is 0 Å². The Balaban J connectivity index is 1.72. The van der Waals surface area contributed by atoms with Crippen molar-refractivity contribution in [3.63, 3.8) is 0 Å². The van der Waals surface area contributed by atoms with Crippen LogP contribution < -0.4 is 24.7 Å². The number of nitrogens with zero attached hydrogens (tertiary/aromatic N) is 1.